The second-order valence-electron chi connectivity index (χ2n) is 9.10. The molecule has 0 unspecified atom stereocenters. The molecule has 1 aromatic heterocycles. The van der Waals surface area contributed by atoms with E-state index >= 15 is 0 Å². The van der Waals surface area contributed by atoms with Crippen molar-refractivity contribution in [3.8, 4) is 17.0 Å². The molecule has 2 aromatic carbocycles. The Morgan fingerprint density at radius 3 is 2.21 bits per heavy atom. The molecule has 0 aliphatic heterocycles. The minimum absolute atomic E-state index is 0.144. The number of hydrogen-bond acceptors (Lipinski definition) is 5. The highest BCUT2D eigenvalue weighted by Crippen LogP contribution is 2.30. The molecule has 0 spiro atoms. The number of carbonyl (C=O) groups excluding carboxylic acids is 2. The molecule has 0 aliphatic rings. The lowest BCUT2D eigenvalue weighted by atomic mass is 10.0. The number of halogens is 3. The molecular formula is C30H33F3N2O4. The van der Waals surface area contributed by atoms with Crippen molar-refractivity contribution in [1.82, 2.24) is 10.3 Å². The normalized spacial score (nSPS) is 11.2. The molecule has 1 amide bonds. The molecule has 0 fully saturated rings. The summed E-state index contributed by atoms with van der Waals surface area (Å²) in [6.07, 6.45) is 3.53. The summed E-state index contributed by atoms with van der Waals surface area (Å²) in [5.74, 6) is 0.0622. The van der Waals surface area contributed by atoms with Gasteiger partial charge in [0.1, 0.15) is 5.75 Å². The molecular weight excluding hydrogens is 509 g/mol. The van der Waals surface area contributed by atoms with E-state index in [9.17, 15) is 22.8 Å². The van der Waals surface area contributed by atoms with Gasteiger partial charge in [-0.15, -0.1) is 0 Å². The minimum Gasteiger partial charge on any atom is -0.492 e. The highest BCUT2D eigenvalue weighted by molar-refractivity contribution is 5.94. The lowest BCUT2D eigenvalue weighted by Gasteiger charge is -2.09. The predicted octanol–water partition coefficient (Wildman–Crippen LogP) is 6.63. The second-order valence-corrected chi connectivity index (χ2v) is 9.10. The van der Waals surface area contributed by atoms with E-state index < -0.39 is 11.7 Å². The molecule has 1 heterocycles. The number of carbonyl (C=O) groups is 2. The topological polar surface area (TPSA) is 77.5 Å². The molecule has 6 nitrogen and oxygen atoms in total. The fourth-order valence-corrected chi connectivity index (χ4v) is 3.92. The number of rotatable bonds is 14. The van der Waals surface area contributed by atoms with Gasteiger partial charge in [-0.05, 0) is 61.2 Å². The van der Waals surface area contributed by atoms with Crippen LogP contribution in [0.5, 0.6) is 5.75 Å². The smallest absolute Gasteiger partial charge is 0.416 e. The third-order valence-electron chi connectivity index (χ3n) is 6.18. The van der Waals surface area contributed by atoms with Gasteiger partial charge in [0.15, 0.2) is 0 Å². The maximum absolute atomic E-state index is 12.7. The second kappa shape index (κ2) is 14.9. The molecule has 0 radical (unpaired) electrons. The lowest BCUT2D eigenvalue weighted by Crippen LogP contribution is -2.26. The third-order valence-corrected chi connectivity index (χ3v) is 6.18. The first-order valence-electron chi connectivity index (χ1n) is 13.0. The van der Waals surface area contributed by atoms with Crippen LogP contribution in [0.15, 0.2) is 66.9 Å². The summed E-state index contributed by atoms with van der Waals surface area (Å²) in [5.41, 5.74) is 2.26. The van der Waals surface area contributed by atoms with E-state index in [0.717, 1.165) is 50.7 Å². The van der Waals surface area contributed by atoms with Gasteiger partial charge in [0.25, 0.3) is 5.91 Å². The molecule has 208 valence electrons. The zero-order valence-electron chi connectivity index (χ0n) is 21.9. The number of pyridine rings is 1. The van der Waals surface area contributed by atoms with E-state index in [4.69, 9.17) is 4.74 Å². The van der Waals surface area contributed by atoms with Crippen LogP contribution in [0.1, 0.15) is 60.0 Å². The Kier molecular flexibility index (Phi) is 11.3. The zero-order valence-corrected chi connectivity index (χ0v) is 21.9. The molecule has 3 aromatic rings. The van der Waals surface area contributed by atoms with Crippen molar-refractivity contribution in [2.45, 2.75) is 51.1 Å². The van der Waals surface area contributed by atoms with Crippen molar-refractivity contribution in [3.63, 3.8) is 0 Å². The maximum atomic E-state index is 12.7. The van der Waals surface area contributed by atoms with Gasteiger partial charge < -0.3 is 14.8 Å². The van der Waals surface area contributed by atoms with Crippen molar-refractivity contribution in [1.29, 1.82) is 0 Å². The summed E-state index contributed by atoms with van der Waals surface area (Å²) in [7, 11) is 1.32. The predicted molar refractivity (Wildman–Crippen MR) is 142 cm³/mol. The standard InChI is InChI=1S/C30H33F3N2O4/c1-38-28(36)18-19-34-29(37)24-10-8-22(9-11-24)7-5-3-2-4-6-20-39-26-16-17-27(35-21-26)23-12-14-25(15-13-23)30(31,32)33/h8-17,21H,2-7,18-20H2,1H3,(H,34,37). The number of alkyl halides is 3. The van der Waals surface area contributed by atoms with Gasteiger partial charge in [-0.2, -0.15) is 13.2 Å². The number of nitrogens with one attached hydrogen (secondary N) is 1. The van der Waals surface area contributed by atoms with Crippen LogP contribution in [-0.2, 0) is 22.1 Å². The molecule has 0 aliphatic carbocycles. The van der Waals surface area contributed by atoms with Gasteiger partial charge in [0, 0.05) is 17.7 Å². The fourth-order valence-electron chi connectivity index (χ4n) is 3.92. The number of nitrogens with zero attached hydrogens (tertiary/aromatic N) is 1. The van der Waals surface area contributed by atoms with Gasteiger partial charge in [0.05, 0.1) is 37.6 Å². The van der Waals surface area contributed by atoms with E-state index in [1.54, 1.807) is 30.5 Å². The monoisotopic (exact) mass is 542 g/mol. The van der Waals surface area contributed by atoms with Crippen LogP contribution >= 0.6 is 0 Å². The van der Waals surface area contributed by atoms with E-state index in [0.29, 0.717) is 29.2 Å². The average molecular weight is 543 g/mol. The third kappa shape index (κ3) is 10.1. The minimum atomic E-state index is -4.35. The molecule has 0 atom stereocenters. The van der Waals surface area contributed by atoms with Crippen molar-refractivity contribution in [3.05, 3.63) is 83.6 Å². The number of methoxy groups -OCH3 is 1. The Hall–Kier alpha value is -3.88. The van der Waals surface area contributed by atoms with Crippen molar-refractivity contribution >= 4 is 11.9 Å². The summed E-state index contributed by atoms with van der Waals surface area (Å²) in [6, 6.07) is 16.0. The first-order chi connectivity index (χ1) is 18.8. The Morgan fingerprint density at radius 2 is 1.56 bits per heavy atom. The lowest BCUT2D eigenvalue weighted by molar-refractivity contribution is -0.140. The van der Waals surface area contributed by atoms with Gasteiger partial charge >= 0.3 is 12.1 Å². The Labute approximate surface area is 226 Å². The number of amides is 1. The molecule has 0 saturated heterocycles. The summed E-state index contributed by atoms with van der Waals surface area (Å²) >= 11 is 0. The number of benzene rings is 2. The maximum Gasteiger partial charge on any atom is 0.416 e. The number of aromatic nitrogens is 1. The highest BCUT2D eigenvalue weighted by atomic mass is 19.4. The largest absolute Gasteiger partial charge is 0.492 e. The molecule has 3 rings (SSSR count). The van der Waals surface area contributed by atoms with Crippen molar-refractivity contribution in [2.24, 2.45) is 0 Å². The molecule has 39 heavy (non-hydrogen) atoms. The number of unbranched alkanes of at least 4 members (excludes halogenated alkanes) is 4. The van der Waals surface area contributed by atoms with Crippen LogP contribution in [0.2, 0.25) is 0 Å². The molecule has 9 heteroatoms. The van der Waals surface area contributed by atoms with Gasteiger partial charge in [-0.25, -0.2) is 0 Å². The van der Waals surface area contributed by atoms with E-state index in [-0.39, 0.29) is 24.8 Å². The number of esters is 1. The van der Waals surface area contributed by atoms with Crippen LogP contribution in [0.25, 0.3) is 11.3 Å². The van der Waals surface area contributed by atoms with Crippen LogP contribution < -0.4 is 10.1 Å². The zero-order chi connectivity index (χ0) is 28.1. The molecule has 1 N–H and O–H groups in total. The Balaban J connectivity index is 1.26. The molecule has 0 bridgehead atoms. The SMILES string of the molecule is COC(=O)CCNC(=O)c1ccc(CCCCCCCOc2ccc(-c3ccc(C(F)(F)F)cc3)nc2)cc1. The number of ether oxygens (including phenoxy) is 2. The Morgan fingerprint density at radius 1 is 0.872 bits per heavy atom. The number of hydrogen-bond donors (Lipinski definition) is 1. The highest BCUT2D eigenvalue weighted by Gasteiger charge is 2.30. The average Bonchev–Trinajstić information content (AvgIpc) is 2.94. The summed E-state index contributed by atoms with van der Waals surface area (Å²) in [4.78, 5) is 27.5. The number of aryl methyl sites for hydroxylation is 1. The first-order valence-corrected chi connectivity index (χ1v) is 13.0. The van der Waals surface area contributed by atoms with Crippen molar-refractivity contribution in [2.75, 3.05) is 20.3 Å². The van der Waals surface area contributed by atoms with E-state index in [2.05, 4.69) is 15.0 Å². The van der Waals surface area contributed by atoms with Crippen LogP contribution in [-0.4, -0.2) is 37.1 Å². The van der Waals surface area contributed by atoms with Gasteiger partial charge in [0.2, 0.25) is 0 Å². The van der Waals surface area contributed by atoms with Crippen LogP contribution in [0, 0.1) is 0 Å². The first kappa shape index (κ1) is 29.7. The van der Waals surface area contributed by atoms with Gasteiger partial charge in [-0.1, -0.05) is 43.5 Å². The van der Waals surface area contributed by atoms with Gasteiger partial charge in [-0.3, -0.25) is 14.6 Å². The van der Waals surface area contributed by atoms with Crippen LogP contribution in [0.4, 0.5) is 13.2 Å². The quantitative estimate of drug-likeness (QED) is 0.183. The Bertz CT molecular complexity index is 1180. The molecule has 0 saturated carbocycles. The summed E-state index contributed by atoms with van der Waals surface area (Å²) in [5, 5.41) is 2.70. The fraction of sp³-hybridized carbons (Fsp3) is 0.367. The van der Waals surface area contributed by atoms with E-state index in [1.807, 2.05) is 12.1 Å². The summed E-state index contributed by atoms with van der Waals surface area (Å²) in [6.45, 7) is 0.817. The van der Waals surface area contributed by atoms with Crippen molar-refractivity contribution < 1.29 is 32.2 Å². The van der Waals surface area contributed by atoms with E-state index in [1.165, 1.54) is 24.8 Å². The van der Waals surface area contributed by atoms with Crippen LogP contribution in [0.3, 0.4) is 0 Å². The summed E-state index contributed by atoms with van der Waals surface area (Å²) < 4.78 is 48.4.